The molecule has 0 aliphatic carbocycles. The number of amides is 1. The van der Waals surface area contributed by atoms with Crippen LogP contribution in [0.2, 0.25) is 0 Å². The lowest BCUT2D eigenvalue weighted by molar-refractivity contribution is -0.112. The molecule has 0 atom stereocenters. The van der Waals surface area contributed by atoms with Crippen molar-refractivity contribution in [1.29, 1.82) is 5.26 Å². The zero-order chi connectivity index (χ0) is 23.6. The monoisotopic (exact) mass is 449 g/mol. The molecule has 0 unspecified atom stereocenters. The van der Waals surface area contributed by atoms with E-state index in [2.05, 4.69) is 10.5 Å². The zero-order valence-electron chi connectivity index (χ0n) is 18.5. The van der Waals surface area contributed by atoms with Gasteiger partial charge in [0.25, 0.3) is 5.91 Å². The molecule has 170 valence electrons. The number of hydrogen-bond acceptors (Lipinski definition) is 8. The third kappa shape index (κ3) is 6.27. The molecule has 9 nitrogen and oxygen atoms in total. The standard InChI is InChI=1S/C24H23N3O6/c1-16-12-23(27-33-16)26-24(28)18(15-25)13-17-8-9-21(22(14-17)30-3)32-11-10-31-20-7-5-4-6-19(20)29-2/h4-9,12-14H,10-11H2,1-3H3,(H,26,27,28)/b18-13-. The van der Waals surface area contributed by atoms with Crippen LogP contribution in [-0.2, 0) is 4.79 Å². The smallest absolute Gasteiger partial charge is 0.267 e. The van der Waals surface area contributed by atoms with Crippen LogP contribution >= 0.6 is 0 Å². The number of ether oxygens (including phenoxy) is 4. The first-order valence-corrected chi connectivity index (χ1v) is 9.97. The molecule has 1 N–H and O–H groups in total. The second kappa shape index (κ2) is 11.2. The Balaban J connectivity index is 1.63. The largest absolute Gasteiger partial charge is 0.493 e. The number of nitrogens with zero attached hydrogens (tertiary/aromatic N) is 2. The molecule has 3 aromatic rings. The molecular formula is C24H23N3O6. The number of nitrogens with one attached hydrogen (secondary N) is 1. The van der Waals surface area contributed by atoms with Crippen LogP contribution in [0.25, 0.3) is 6.08 Å². The summed E-state index contributed by atoms with van der Waals surface area (Å²) in [5.74, 6) is 2.39. The van der Waals surface area contributed by atoms with E-state index in [1.807, 2.05) is 30.3 Å². The SMILES string of the molecule is COc1ccccc1OCCOc1ccc(/C=C(/C#N)C(=O)Nc2cc(C)on2)cc1OC. The van der Waals surface area contributed by atoms with E-state index < -0.39 is 5.91 Å². The molecule has 0 fully saturated rings. The molecule has 1 aromatic heterocycles. The van der Waals surface area contributed by atoms with E-state index in [-0.39, 0.29) is 18.0 Å². The van der Waals surface area contributed by atoms with Gasteiger partial charge in [-0.1, -0.05) is 23.4 Å². The predicted octanol–water partition coefficient (Wildman–Crippen LogP) is 4.00. The van der Waals surface area contributed by atoms with Crippen molar-refractivity contribution in [1.82, 2.24) is 5.16 Å². The average molecular weight is 449 g/mol. The Morgan fingerprint density at radius 2 is 1.70 bits per heavy atom. The van der Waals surface area contributed by atoms with Crippen molar-refractivity contribution in [3.63, 3.8) is 0 Å². The first-order valence-electron chi connectivity index (χ1n) is 9.97. The summed E-state index contributed by atoms with van der Waals surface area (Å²) in [5.41, 5.74) is 0.490. The van der Waals surface area contributed by atoms with Gasteiger partial charge in [-0.05, 0) is 42.8 Å². The molecule has 0 saturated carbocycles. The fourth-order valence-electron chi connectivity index (χ4n) is 2.86. The van der Waals surface area contributed by atoms with Gasteiger partial charge in [0.1, 0.15) is 30.6 Å². The highest BCUT2D eigenvalue weighted by atomic mass is 16.5. The molecule has 1 heterocycles. The summed E-state index contributed by atoms with van der Waals surface area (Å²) in [7, 11) is 3.09. The van der Waals surface area contributed by atoms with Crippen molar-refractivity contribution < 1.29 is 28.3 Å². The van der Waals surface area contributed by atoms with Crippen molar-refractivity contribution in [2.45, 2.75) is 6.92 Å². The van der Waals surface area contributed by atoms with E-state index in [0.29, 0.717) is 40.9 Å². The maximum absolute atomic E-state index is 12.4. The van der Waals surface area contributed by atoms with Crippen molar-refractivity contribution in [2.24, 2.45) is 0 Å². The quantitative estimate of drug-likeness (QED) is 0.280. The second-order valence-corrected chi connectivity index (χ2v) is 6.70. The van der Waals surface area contributed by atoms with E-state index in [0.717, 1.165) is 0 Å². The Hall–Kier alpha value is -4.45. The van der Waals surface area contributed by atoms with Gasteiger partial charge in [-0.3, -0.25) is 4.79 Å². The summed E-state index contributed by atoms with van der Waals surface area (Å²) in [4.78, 5) is 12.4. The maximum Gasteiger partial charge on any atom is 0.267 e. The van der Waals surface area contributed by atoms with E-state index in [1.54, 1.807) is 38.3 Å². The van der Waals surface area contributed by atoms with Crippen molar-refractivity contribution in [2.75, 3.05) is 32.8 Å². The highest BCUT2D eigenvalue weighted by Crippen LogP contribution is 2.29. The summed E-state index contributed by atoms with van der Waals surface area (Å²) in [6.07, 6.45) is 1.44. The number of benzene rings is 2. The Bertz CT molecular complexity index is 1180. The predicted molar refractivity (Wildman–Crippen MR) is 120 cm³/mol. The molecule has 0 spiro atoms. The number of nitriles is 1. The normalized spacial score (nSPS) is 10.8. The highest BCUT2D eigenvalue weighted by Gasteiger charge is 2.13. The lowest BCUT2D eigenvalue weighted by Gasteiger charge is -2.13. The summed E-state index contributed by atoms with van der Waals surface area (Å²) in [6.45, 7) is 2.27. The molecule has 33 heavy (non-hydrogen) atoms. The number of aromatic nitrogens is 1. The van der Waals surface area contributed by atoms with Crippen LogP contribution in [-0.4, -0.2) is 38.5 Å². The van der Waals surface area contributed by atoms with Crippen molar-refractivity contribution in [3.8, 4) is 29.1 Å². The first-order chi connectivity index (χ1) is 16.0. The lowest BCUT2D eigenvalue weighted by atomic mass is 10.1. The van der Waals surface area contributed by atoms with Crippen molar-refractivity contribution in [3.05, 3.63) is 65.4 Å². The molecule has 0 aliphatic heterocycles. The third-order valence-corrected chi connectivity index (χ3v) is 4.40. The number of hydrogen-bond donors (Lipinski definition) is 1. The van der Waals surface area contributed by atoms with Gasteiger partial charge in [-0.2, -0.15) is 5.26 Å². The number of rotatable bonds is 10. The minimum absolute atomic E-state index is 0.100. The lowest BCUT2D eigenvalue weighted by Crippen LogP contribution is -2.13. The third-order valence-electron chi connectivity index (χ3n) is 4.40. The van der Waals surface area contributed by atoms with Gasteiger partial charge in [0.15, 0.2) is 28.8 Å². The van der Waals surface area contributed by atoms with E-state index in [4.69, 9.17) is 23.5 Å². The number of anilines is 1. The Morgan fingerprint density at radius 1 is 1.03 bits per heavy atom. The Labute approximate surface area is 191 Å². The summed E-state index contributed by atoms with van der Waals surface area (Å²) >= 11 is 0. The van der Waals surface area contributed by atoms with Crippen LogP contribution in [0, 0.1) is 18.3 Å². The van der Waals surface area contributed by atoms with Gasteiger partial charge in [0, 0.05) is 6.07 Å². The molecule has 2 aromatic carbocycles. The summed E-state index contributed by atoms with van der Waals surface area (Å²) < 4.78 is 27.0. The van der Waals surface area contributed by atoms with Crippen molar-refractivity contribution >= 4 is 17.8 Å². The van der Waals surface area contributed by atoms with Crippen LogP contribution in [0.5, 0.6) is 23.0 Å². The first kappa shape index (κ1) is 23.2. The molecule has 1 amide bonds. The van der Waals surface area contributed by atoms with E-state index >= 15 is 0 Å². The minimum Gasteiger partial charge on any atom is -0.493 e. The minimum atomic E-state index is -0.599. The zero-order valence-corrected chi connectivity index (χ0v) is 18.5. The van der Waals surface area contributed by atoms with Crippen LogP contribution in [0.1, 0.15) is 11.3 Å². The molecular weight excluding hydrogens is 426 g/mol. The van der Waals surface area contributed by atoms with E-state index in [1.165, 1.54) is 13.2 Å². The van der Waals surface area contributed by atoms with Gasteiger partial charge in [0.2, 0.25) is 0 Å². The van der Waals surface area contributed by atoms with Gasteiger partial charge < -0.3 is 28.8 Å². The number of carbonyl (C=O) groups is 1. The summed E-state index contributed by atoms with van der Waals surface area (Å²) in [6, 6.07) is 15.9. The molecule has 0 saturated heterocycles. The molecule has 3 rings (SSSR count). The average Bonchev–Trinajstić information content (AvgIpc) is 3.25. The molecule has 0 radical (unpaired) electrons. The molecule has 9 heteroatoms. The van der Waals surface area contributed by atoms with E-state index in [9.17, 15) is 10.1 Å². The second-order valence-electron chi connectivity index (χ2n) is 6.70. The molecule has 0 aliphatic rings. The van der Waals surface area contributed by atoms with Gasteiger partial charge in [-0.25, -0.2) is 0 Å². The number of methoxy groups -OCH3 is 2. The number of carbonyl (C=O) groups excluding carboxylic acids is 1. The van der Waals surface area contributed by atoms with Crippen LogP contribution in [0.15, 0.2) is 58.6 Å². The van der Waals surface area contributed by atoms with Crippen LogP contribution in [0.3, 0.4) is 0 Å². The fraction of sp³-hybridized carbons (Fsp3) is 0.208. The molecule has 0 bridgehead atoms. The van der Waals surface area contributed by atoms with Crippen LogP contribution in [0.4, 0.5) is 5.82 Å². The Morgan fingerprint density at radius 3 is 2.30 bits per heavy atom. The maximum atomic E-state index is 12.4. The van der Waals surface area contributed by atoms with Gasteiger partial charge in [0.05, 0.1) is 14.2 Å². The Kier molecular flexibility index (Phi) is 7.91. The fourth-order valence-corrected chi connectivity index (χ4v) is 2.86. The van der Waals surface area contributed by atoms with Gasteiger partial charge >= 0.3 is 0 Å². The highest BCUT2D eigenvalue weighted by molar-refractivity contribution is 6.09. The topological polar surface area (TPSA) is 116 Å². The summed E-state index contributed by atoms with van der Waals surface area (Å²) in [5, 5.41) is 15.6. The van der Waals surface area contributed by atoms with Gasteiger partial charge in [-0.15, -0.1) is 0 Å². The number of para-hydroxylation sites is 2. The van der Waals surface area contributed by atoms with Crippen LogP contribution < -0.4 is 24.3 Å². The number of aryl methyl sites for hydroxylation is 1.